The molecule has 0 bridgehead atoms. The van der Waals surface area contributed by atoms with Crippen LogP contribution in [-0.2, 0) is 20.9 Å². The molecule has 212 valence electrons. The van der Waals surface area contributed by atoms with Gasteiger partial charge in [0.25, 0.3) is 0 Å². The smallest absolute Gasteiger partial charge is 0.247 e. The van der Waals surface area contributed by atoms with E-state index in [1.807, 2.05) is 51.1 Å². The molecule has 3 atom stereocenters. The third-order valence-corrected chi connectivity index (χ3v) is 7.78. The van der Waals surface area contributed by atoms with Gasteiger partial charge in [0.1, 0.15) is 6.04 Å². The summed E-state index contributed by atoms with van der Waals surface area (Å²) in [6.07, 6.45) is 3.82. The highest BCUT2D eigenvalue weighted by molar-refractivity contribution is 6.36. The molecule has 1 aliphatic rings. The summed E-state index contributed by atoms with van der Waals surface area (Å²) in [6.45, 7) is 6.92. The fourth-order valence-corrected chi connectivity index (χ4v) is 5.84. The second-order valence-electron chi connectivity index (χ2n) is 10.7. The van der Waals surface area contributed by atoms with E-state index in [4.69, 9.17) is 23.2 Å². The van der Waals surface area contributed by atoms with Gasteiger partial charge in [-0.15, -0.1) is 0 Å². The number of likely N-dealkylation sites (tertiary alicyclic amines) is 1. The van der Waals surface area contributed by atoms with Crippen LogP contribution in [0.25, 0.3) is 11.1 Å². The Kier molecular flexibility index (Phi) is 11.6. The number of nitrogens with zero attached hydrogens (tertiary/aromatic N) is 1. The van der Waals surface area contributed by atoms with E-state index in [2.05, 4.69) is 5.32 Å². The van der Waals surface area contributed by atoms with Crippen molar-refractivity contribution in [3.63, 3.8) is 0 Å². The highest BCUT2D eigenvalue weighted by Crippen LogP contribution is 2.31. The van der Waals surface area contributed by atoms with Crippen molar-refractivity contribution in [3.8, 4) is 11.1 Å². The van der Waals surface area contributed by atoms with Crippen molar-refractivity contribution in [1.82, 2.24) is 15.7 Å². The quantitative estimate of drug-likeness (QED) is 0.218. The summed E-state index contributed by atoms with van der Waals surface area (Å²) in [4.78, 5) is 41.3. The number of hydrogen-bond acceptors (Lipinski definition) is 4. The van der Waals surface area contributed by atoms with Crippen molar-refractivity contribution < 1.29 is 19.6 Å². The lowest BCUT2D eigenvalue weighted by Crippen LogP contribution is -2.51. The Morgan fingerprint density at radius 2 is 1.85 bits per heavy atom. The molecule has 0 saturated carbocycles. The molecule has 2 aromatic carbocycles. The van der Waals surface area contributed by atoms with Gasteiger partial charge >= 0.3 is 0 Å². The van der Waals surface area contributed by atoms with Crippen molar-refractivity contribution >= 4 is 40.9 Å². The van der Waals surface area contributed by atoms with E-state index >= 15 is 0 Å². The lowest BCUT2D eigenvalue weighted by molar-refractivity contribution is -0.143. The van der Waals surface area contributed by atoms with E-state index in [0.717, 1.165) is 29.5 Å². The Hall–Kier alpha value is -2.61. The summed E-state index contributed by atoms with van der Waals surface area (Å²) in [5.41, 5.74) is 4.48. The highest BCUT2D eigenvalue weighted by Gasteiger charge is 2.36. The number of benzene rings is 2. The molecule has 3 N–H and O–H groups in total. The normalized spacial score (nSPS) is 17.5. The summed E-state index contributed by atoms with van der Waals surface area (Å²) in [5, 5.41) is 13.4. The van der Waals surface area contributed by atoms with Gasteiger partial charge in [-0.05, 0) is 67.3 Å². The Bertz CT molecular complexity index is 1160. The molecule has 9 heteroatoms. The van der Waals surface area contributed by atoms with Crippen LogP contribution in [0.1, 0.15) is 64.9 Å². The fraction of sp³-hybridized carbons (Fsp3) is 0.500. The minimum absolute atomic E-state index is 0.127. The van der Waals surface area contributed by atoms with Gasteiger partial charge in [-0.3, -0.25) is 19.6 Å². The van der Waals surface area contributed by atoms with Crippen molar-refractivity contribution in [2.45, 2.75) is 71.9 Å². The summed E-state index contributed by atoms with van der Waals surface area (Å²) in [6, 6.07) is 12.6. The van der Waals surface area contributed by atoms with Gasteiger partial charge in [-0.25, -0.2) is 5.48 Å². The molecule has 0 aromatic heterocycles. The Morgan fingerprint density at radius 3 is 2.51 bits per heavy atom. The van der Waals surface area contributed by atoms with Gasteiger partial charge in [0.05, 0.1) is 5.92 Å². The van der Waals surface area contributed by atoms with Crippen LogP contribution >= 0.6 is 23.2 Å². The second kappa shape index (κ2) is 14.7. The number of carbonyl (C=O) groups excluding carboxylic acids is 3. The molecule has 1 fully saturated rings. The number of halogens is 2. The topological polar surface area (TPSA) is 98.7 Å². The molecule has 0 spiro atoms. The summed E-state index contributed by atoms with van der Waals surface area (Å²) >= 11 is 12.5. The molecule has 2 aromatic rings. The SMILES string of the molecule is CCC[C@H](C(=O)NO)[C@H](CC(C)C)C(=O)N[C@H]1CCCCN(Cc2cccc(-c3ccc(Cl)cc3Cl)c2)C1=O. The lowest BCUT2D eigenvalue weighted by Gasteiger charge is -2.29. The molecule has 7 nitrogen and oxygen atoms in total. The monoisotopic (exact) mass is 575 g/mol. The summed E-state index contributed by atoms with van der Waals surface area (Å²) < 4.78 is 0. The van der Waals surface area contributed by atoms with Gasteiger partial charge in [0, 0.05) is 34.6 Å². The summed E-state index contributed by atoms with van der Waals surface area (Å²) in [7, 11) is 0. The zero-order valence-electron chi connectivity index (χ0n) is 22.9. The van der Waals surface area contributed by atoms with Crippen LogP contribution in [0.4, 0.5) is 0 Å². The van der Waals surface area contributed by atoms with Crippen LogP contribution in [-0.4, -0.2) is 40.4 Å². The average molecular weight is 577 g/mol. The van der Waals surface area contributed by atoms with Gasteiger partial charge in [-0.2, -0.15) is 0 Å². The highest BCUT2D eigenvalue weighted by atomic mass is 35.5. The number of carbonyl (C=O) groups is 3. The third-order valence-electron chi connectivity index (χ3n) is 7.23. The number of hydroxylamine groups is 1. The van der Waals surface area contributed by atoms with E-state index < -0.39 is 23.8 Å². The van der Waals surface area contributed by atoms with Gasteiger partial charge < -0.3 is 10.2 Å². The average Bonchev–Trinajstić information content (AvgIpc) is 3.06. The summed E-state index contributed by atoms with van der Waals surface area (Å²) in [5.74, 6) is -2.14. The Morgan fingerprint density at radius 1 is 1.08 bits per heavy atom. The van der Waals surface area contributed by atoms with Gasteiger partial charge in [0.2, 0.25) is 17.7 Å². The molecule has 3 rings (SSSR count). The first kappa shape index (κ1) is 30.9. The number of amides is 3. The molecular weight excluding hydrogens is 537 g/mol. The van der Waals surface area contributed by atoms with Crippen LogP contribution in [0.15, 0.2) is 42.5 Å². The van der Waals surface area contributed by atoms with Crippen molar-refractivity contribution in [2.24, 2.45) is 17.8 Å². The minimum atomic E-state index is -0.665. The zero-order chi connectivity index (χ0) is 28.5. The van der Waals surface area contributed by atoms with Crippen LogP contribution in [0.3, 0.4) is 0 Å². The van der Waals surface area contributed by atoms with Crippen LogP contribution in [0.5, 0.6) is 0 Å². The van der Waals surface area contributed by atoms with Gasteiger partial charge in [-0.1, -0.05) is 74.7 Å². The first-order valence-electron chi connectivity index (χ1n) is 13.7. The lowest BCUT2D eigenvalue weighted by atomic mass is 9.81. The van der Waals surface area contributed by atoms with E-state index in [-0.39, 0.29) is 17.7 Å². The molecule has 0 aliphatic carbocycles. The largest absolute Gasteiger partial charge is 0.344 e. The molecule has 1 saturated heterocycles. The second-order valence-corrected chi connectivity index (χ2v) is 11.6. The molecule has 0 radical (unpaired) electrons. The maximum absolute atomic E-state index is 13.6. The molecule has 1 heterocycles. The Balaban J connectivity index is 1.77. The first-order chi connectivity index (χ1) is 18.6. The standard InChI is InChI=1S/C30H39Cl2N3O4/c1-4-8-24(29(37)34-39)25(15-19(2)3)28(36)33-27-11-5-6-14-35(30(27)38)18-20-9-7-10-21(16-20)23-13-12-22(31)17-26(23)32/h7,9-10,12-13,16-17,19,24-25,27,39H,4-6,8,11,14-15,18H2,1-3H3,(H,33,36)(H,34,37)/t24-,25-,27-/m0/s1. The van der Waals surface area contributed by atoms with Crippen LogP contribution in [0.2, 0.25) is 10.0 Å². The number of rotatable bonds is 11. The van der Waals surface area contributed by atoms with Crippen LogP contribution < -0.4 is 10.8 Å². The maximum Gasteiger partial charge on any atom is 0.247 e. The third kappa shape index (κ3) is 8.44. The maximum atomic E-state index is 13.6. The molecule has 0 unspecified atom stereocenters. The molecule has 1 aliphatic heterocycles. The van der Waals surface area contributed by atoms with Gasteiger partial charge in [0.15, 0.2) is 0 Å². The predicted molar refractivity (Wildman–Crippen MR) is 154 cm³/mol. The van der Waals surface area contributed by atoms with E-state index in [9.17, 15) is 19.6 Å². The zero-order valence-corrected chi connectivity index (χ0v) is 24.4. The molecule has 39 heavy (non-hydrogen) atoms. The van der Waals surface area contributed by atoms with Crippen molar-refractivity contribution in [2.75, 3.05) is 6.54 Å². The van der Waals surface area contributed by atoms with E-state index in [1.165, 1.54) is 0 Å². The minimum Gasteiger partial charge on any atom is -0.344 e. The fourth-order valence-electron chi connectivity index (χ4n) is 5.33. The molecule has 3 amide bonds. The van der Waals surface area contributed by atoms with Crippen molar-refractivity contribution in [3.05, 3.63) is 58.1 Å². The predicted octanol–water partition coefficient (Wildman–Crippen LogP) is 6.24. The number of nitrogens with one attached hydrogen (secondary N) is 2. The van der Waals surface area contributed by atoms with E-state index in [0.29, 0.717) is 48.8 Å². The molecular formula is C30H39Cl2N3O4. The van der Waals surface area contributed by atoms with Crippen LogP contribution in [0, 0.1) is 17.8 Å². The van der Waals surface area contributed by atoms with Crippen molar-refractivity contribution in [1.29, 1.82) is 0 Å². The Labute approximate surface area is 241 Å². The van der Waals surface area contributed by atoms with E-state index in [1.54, 1.807) is 22.5 Å². The number of hydrogen-bond donors (Lipinski definition) is 3. The first-order valence-corrected chi connectivity index (χ1v) is 14.5.